The summed E-state index contributed by atoms with van der Waals surface area (Å²) in [5.41, 5.74) is 6.14. The number of hydrogen-bond donors (Lipinski definition) is 1. The molecule has 0 spiro atoms. The smallest absolute Gasteiger partial charge is 0.387 e. The monoisotopic (exact) mass is 320 g/mol. The Morgan fingerprint density at radius 2 is 2.05 bits per heavy atom. The van der Waals surface area contributed by atoms with E-state index in [-0.39, 0.29) is 29.5 Å². The largest absolute Gasteiger partial charge is 0.435 e. The lowest BCUT2D eigenvalue weighted by molar-refractivity contribution is -0.0498. The standard InChI is InChI=1S/C14H18F2N2O2.ClH/c1-14(8-17)6-7-18(9-14)12(19)10-2-4-11(5-3-10)20-13(15)16;/h2-5,13H,6-9,17H2,1H3;1H. The Hall–Kier alpha value is -1.40. The lowest BCUT2D eigenvalue weighted by Crippen LogP contribution is -2.34. The van der Waals surface area contributed by atoms with Crippen molar-refractivity contribution < 1.29 is 18.3 Å². The molecule has 1 aliphatic rings. The van der Waals surface area contributed by atoms with Gasteiger partial charge in [0.1, 0.15) is 5.75 Å². The predicted octanol–water partition coefficient (Wildman–Crippen LogP) is 2.52. The third-order valence-electron chi connectivity index (χ3n) is 3.66. The van der Waals surface area contributed by atoms with Crippen LogP contribution in [0.25, 0.3) is 0 Å². The summed E-state index contributed by atoms with van der Waals surface area (Å²) in [6, 6.07) is 5.74. The van der Waals surface area contributed by atoms with E-state index in [0.29, 0.717) is 25.2 Å². The van der Waals surface area contributed by atoms with Crippen LogP contribution in [0.15, 0.2) is 24.3 Å². The first-order valence-electron chi connectivity index (χ1n) is 6.48. The van der Waals surface area contributed by atoms with Crippen molar-refractivity contribution >= 4 is 18.3 Å². The molecule has 0 radical (unpaired) electrons. The SMILES string of the molecule is CC1(CN)CCN(C(=O)c2ccc(OC(F)F)cc2)C1.Cl. The van der Waals surface area contributed by atoms with Gasteiger partial charge in [0.25, 0.3) is 5.91 Å². The van der Waals surface area contributed by atoms with E-state index < -0.39 is 6.61 Å². The van der Waals surface area contributed by atoms with Gasteiger partial charge in [-0.3, -0.25) is 4.79 Å². The number of ether oxygens (including phenoxy) is 1. The summed E-state index contributed by atoms with van der Waals surface area (Å²) in [6.45, 7) is 1.03. The van der Waals surface area contributed by atoms with Crippen LogP contribution in [0.4, 0.5) is 8.78 Å². The number of halogens is 3. The Bertz CT molecular complexity index is 484. The maximum Gasteiger partial charge on any atom is 0.387 e. The lowest BCUT2D eigenvalue weighted by atomic mass is 9.90. The fourth-order valence-corrected chi connectivity index (χ4v) is 2.33. The van der Waals surface area contributed by atoms with Crippen molar-refractivity contribution in [2.75, 3.05) is 19.6 Å². The number of nitrogens with zero attached hydrogens (tertiary/aromatic N) is 1. The molecule has 1 aromatic rings. The zero-order valence-corrected chi connectivity index (χ0v) is 12.5. The molecule has 0 bridgehead atoms. The topological polar surface area (TPSA) is 55.6 Å². The van der Waals surface area contributed by atoms with Crippen molar-refractivity contribution in [2.45, 2.75) is 20.0 Å². The average molecular weight is 321 g/mol. The van der Waals surface area contributed by atoms with Crippen LogP contribution < -0.4 is 10.5 Å². The number of hydrogen-bond acceptors (Lipinski definition) is 3. The van der Waals surface area contributed by atoms with Crippen LogP contribution in [0.2, 0.25) is 0 Å². The molecule has 1 unspecified atom stereocenters. The normalized spacial score (nSPS) is 21.3. The number of likely N-dealkylation sites (tertiary alicyclic amines) is 1. The molecule has 0 aromatic heterocycles. The highest BCUT2D eigenvalue weighted by molar-refractivity contribution is 5.94. The van der Waals surface area contributed by atoms with E-state index in [1.807, 2.05) is 0 Å². The molecule has 1 amide bonds. The summed E-state index contributed by atoms with van der Waals surface area (Å²) in [6.07, 6.45) is 0.877. The molecule has 4 nitrogen and oxygen atoms in total. The summed E-state index contributed by atoms with van der Waals surface area (Å²) >= 11 is 0. The number of nitrogens with two attached hydrogens (primary N) is 1. The van der Waals surface area contributed by atoms with Gasteiger partial charge in [-0.2, -0.15) is 8.78 Å². The van der Waals surface area contributed by atoms with Crippen LogP contribution in [0.5, 0.6) is 5.75 Å². The minimum Gasteiger partial charge on any atom is -0.435 e. The van der Waals surface area contributed by atoms with Crippen LogP contribution in [-0.4, -0.2) is 37.1 Å². The number of rotatable bonds is 4. The van der Waals surface area contributed by atoms with E-state index in [1.54, 1.807) is 4.90 Å². The zero-order chi connectivity index (χ0) is 14.8. The van der Waals surface area contributed by atoms with E-state index in [2.05, 4.69) is 11.7 Å². The molecule has 1 heterocycles. The van der Waals surface area contributed by atoms with E-state index in [9.17, 15) is 13.6 Å². The third kappa shape index (κ3) is 4.28. The summed E-state index contributed by atoms with van der Waals surface area (Å²) < 4.78 is 28.3. The van der Waals surface area contributed by atoms with Crippen molar-refractivity contribution in [3.8, 4) is 5.75 Å². The fraction of sp³-hybridized carbons (Fsp3) is 0.500. The van der Waals surface area contributed by atoms with Crippen molar-refractivity contribution in [2.24, 2.45) is 11.1 Å². The van der Waals surface area contributed by atoms with Gasteiger partial charge in [0.2, 0.25) is 0 Å². The third-order valence-corrected chi connectivity index (χ3v) is 3.66. The Kier molecular flexibility index (Phi) is 5.92. The van der Waals surface area contributed by atoms with Gasteiger partial charge >= 0.3 is 6.61 Å². The summed E-state index contributed by atoms with van der Waals surface area (Å²) in [5, 5.41) is 0. The highest BCUT2D eigenvalue weighted by atomic mass is 35.5. The van der Waals surface area contributed by atoms with Crippen molar-refractivity contribution in [1.29, 1.82) is 0 Å². The van der Waals surface area contributed by atoms with E-state index in [1.165, 1.54) is 24.3 Å². The van der Waals surface area contributed by atoms with E-state index in [0.717, 1.165) is 6.42 Å². The second-order valence-corrected chi connectivity index (χ2v) is 5.39. The highest BCUT2D eigenvalue weighted by Gasteiger charge is 2.35. The molecule has 1 saturated heterocycles. The summed E-state index contributed by atoms with van der Waals surface area (Å²) in [7, 11) is 0. The molecule has 21 heavy (non-hydrogen) atoms. The Labute approximate surface area is 128 Å². The van der Waals surface area contributed by atoms with Crippen LogP contribution in [0.1, 0.15) is 23.7 Å². The second-order valence-electron chi connectivity index (χ2n) is 5.39. The minimum atomic E-state index is -2.86. The van der Waals surface area contributed by atoms with Gasteiger partial charge < -0.3 is 15.4 Å². The van der Waals surface area contributed by atoms with Crippen LogP contribution in [0.3, 0.4) is 0 Å². The van der Waals surface area contributed by atoms with Gasteiger partial charge in [-0.05, 0) is 42.6 Å². The number of alkyl halides is 2. The van der Waals surface area contributed by atoms with Gasteiger partial charge in [-0.25, -0.2) is 0 Å². The van der Waals surface area contributed by atoms with Crippen molar-refractivity contribution in [3.05, 3.63) is 29.8 Å². The second kappa shape index (κ2) is 7.04. The summed E-state index contributed by atoms with van der Waals surface area (Å²) in [5.74, 6) is -0.0597. The van der Waals surface area contributed by atoms with Crippen LogP contribution >= 0.6 is 12.4 Å². The highest BCUT2D eigenvalue weighted by Crippen LogP contribution is 2.29. The molecule has 7 heteroatoms. The molecule has 118 valence electrons. The van der Waals surface area contributed by atoms with Crippen molar-refractivity contribution in [1.82, 2.24) is 4.90 Å². The molecular formula is C14H19ClF2N2O2. The first-order chi connectivity index (χ1) is 9.43. The van der Waals surface area contributed by atoms with Crippen LogP contribution in [0, 0.1) is 5.41 Å². The first kappa shape index (κ1) is 17.7. The Balaban J connectivity index is 0.00000220. The van der Waals surface area contributed by atoms with Crippen LogP contribution in [-0.2, 0) is 0 Å². The predicted molar refractivity (Wildman–Crippen MR) is 78.0 cm³/mol. The Morgan fingerprint density at radius 1 is 1.43 bits per heavy atom. The van der Waals surface area contributed by atoms with Crippen molar-refractivity contribution in [3.63, 3.8) is 0 Å². The van der Waals surface area contributed by atoms with Gasteiger partial charge in [0, 0.05) is 18.7 Å². The number of amides is 1. The maximum atomic E-state index is 12.3. The fourth-order valence-electron chi connectivity index (χ4n) is 2.33. The molecule has 1 aromatic carbocycles. The number of carbonyl (C=O) groups excluding carboxylic acids is 1. The molecule has 1 atom stereocenters. The maximum absolute atomic E-state index is 12.3. The number of carbonyl (C=O) groups is 1. The molecule has 0 aliphatic carbocycles. The van der Waals surface area contributed by atoms with E-state index in [4.69, 9.17) is 5.73 Å². The molecule has 0 saturated carbocycles. The lowest BCUT2D eigenvalue weighted by Gasteiger charge is -2.22. The van der Waals surface area contributed by atoms with E-state index >= 15 is 0 Å². The van der Waals surface area contributed by atoms with Gasteiger partial charge in [-0.1, -0.05) is 6.92 Å². The van der Waals surface area contributed by atoms with Gasteiger partial charge in [-0.15, -0.1) is 12.4 Å². The van der Waals surface area contributed by atoms with Gasteiger partial charge in [0.15, 0.2) is 0 Å². The zero-order valence-electron chi connectivity index (χ0n) is 11.7. The number of benzene rings is 1. The summed E-state index contributed by atoms with van der Waals surface area (Å²) in [4.78, 5) is 14.0. The molecule has 2 rings (SSSR count). The Morgan fingerprint density at radius 3 is 2.52 bits per heavy atom. The molecule has 2 N–H and O–H groups in total. The quantitative estimate of drug-likeness (QED) is 0.927. The average Bonchev–Trinajstić information content (AvgIpc) is 2.82. The van der Waals surface area contributed by atoms with Gasteiger partial charge in [0.05, 0.1) is 0 Å². The minimum absolute atomic E-state index is 0. The molecule has 1 aliphatic heterocycles. The molecule has 1 fully saturated rings. The molecular weight excluding hydrogens is 302 g/mol. The first-order valence-corrected chi connectivity index (χ1v) is 6.48.